The van der Waals surface area contributed by atoms with Crippen LogP contribution in [0.15, 0.2) is 48.8 Å². The SMILES string of the molecule is COc1cccc(OCc2cnc3ccc(Cl)cn23)c1. The van der Waals surface area contributed by atoms with Crippen LogP contribution in [0.25, 0.3) is 5.65 Å². The van der Waals surface area contributed by atoms with Gasteiger partial charge in [0.25, 0.3) is 0 Å². The molecule has 0 aliphatic rings. The Morgan fingerprint density at radius 1 is 1.20 bits per heavy atom. The highest BCUT2D eigenvalue weighted by atomic mass is 35.5. The minimum atomic E-state index is 0.411. The van der Waals surface area contributed by atoms with Crippen LogP contribution in [0.4, 0.5) is 0 Å². The number of methoxy groups -OCH3 is 1. The van der Waals surface area contributed by atoms with Gasteiger partial charge in [0.05, 0.1) is 24.0 Å². The summed E-state index contributed by atoms with van der Waals surface area (Å²) in [7, 11) is 1.63. The van der Waals surface area contributed by atoms with Crippen molar-refractivity contribution in [2.75, 3.05) is 7.11 Å². The van der Waals surface area contributed by atoms with Gasteiger partial charge in [-0.3, -0.25) is 4.40 Å². The van der Waals surface area contributed by atoms with Crippen LogP contribution < -0.4 is 9.47 Å². The van der Waals surface area contributed by atoms with Crippen molar-refractivity contribution in [1.29, 1.82) is 0 Å². The minimum absolute atomic E-state index is 0.411. The topological polar surface area (TPSA) is 35.8 Å². The van der Waals surface area contributed by atoms with Crippen LogP contribution in [0, 0.1) is 0 Å². The first-order valence-corrected chi connectivity index (χ1v) is 6.52. The number of imidazole rings is 1. The third-order valence-electron chi connectivity index (χ3n) is 2.97. The maximum Gasteiger partial charge on any atom is 0.137 e. The molecule has 4 nitrogen and oxygen atoms in total. The Morgan fingerprint density at radius 2 is 2.05 bits per heavy atom. The Labute approximate surface area is 121 Å². The Kier molecular flexibility index (Phi) is 3.48. The first-order valence-electron chi connectivity index (χ1n) is 6.14. The summed E-state index contributed by atoms with van der Waals surface area (Å²) in [4.78, 5) is 4.31. The summed E-state index contributed by atoms with van der Waals surface area (Å²) in [6.07, 6.45) is 3.61. The van der Waals surface area contributed by atoms with Crippen molar-refractivity contribution >= 4 is 17.2 Å². The standard InChI is InChI=1S/C15H13ClN2O2/c1-19-13-3-2-4-14(7-13)20-10-12-8-17-15-6-5-11(16)9-18(12)15/h2-9H,10H2,1H3. The van der Waals surface area contributed by atoms with Crippen LogP contribution in [0.5, 0.6) is 11.5 Å². The van der Waals surface area contributed by atoms with Crippen molar-refractivity contribution < 1.29 is 9.47 Å². The quantitative estimate of drug-likeness (QED) is 0.736. The molecule has 0 saturated carbocycles. The number of halogens is 1. The lowest BCUT2D eigenvalue weighted by Crippen LogP contribution is -1.99. The number of benzene rings is 1. The number of ether oxygens (including phenoxy) is 2. The van der Waals surface area contributed by atoms with Crippen LogP contribution >= 0.6 is 11.6 Å². The van der Waals surface area contributed by atoms with Gasteiger partial charge >= 0.3 is 0 Å². The summed E-state index contributed by atoms with van der Waals surface area (Å²) in [5.41, 5.74) is 1.78. The molecule has 0 saturated heterocycles. The Bertz CT molecular complexity index is 740. The van der Waals surface area contributed by atoms with Crippen LogP contribution in [-0.2, 0) is 6.61 Å². The minimum Gasteiger partial charge on any atom is -0.497 e. The fraction of sp³-hybridized carbons (Fsp3) is 0.133. The molecule has 3 aromatic rings. The van der Waals surface area contributed by atoms with E-state index >= 15 is 0 Å². The lowest BCUT2D eigenvalue weighted by Gasteiger charge is -2.07. The van der Waals surface area contributed by atoms with E-state index in [1.54, 1.807) is 13.3 Å². The molecule has 102 valence electrons. The molecule has 2 heterocycles. The Hall–Kier alpha value is -2.20. The van der Waals surface area contributed by atoms with E-state index in [-0.39, 0.29) is 0 Å². The predicted octanol–water partition coefficient (Wildman–Crippen LogP) is 3.58. The van der Waals surface area contributed by atoms with Gasteiger partial charge in [0, 0.05) is 12.3 Å². The van der Waals surface area contributed by atoms with Crippen LogP contribution in [-0.4, -0.2) is 16.5 Å². The molecule has 1 aromatic carbocycles. The molecule has 3 rings (SSSR count). The molecule has 20 heavy (non-hydrogen) atoms. The van der Waals surface area contributed by atoms with Gasteiger partial charge in [-0.05, 0) is 24.3 Å². The molecule has 2 aromatic heterocycles. The normalized spacial score (nSPS) is 10.7. The van der Waals surface area contributed by atoms with E-state index in [4.69, 9.17) is 21.1 Å². The summed E-state index contributed by atoms with van der Waals surface area (Å²) in [5.74, 6) is 1.52. The molecule has 0 spiro atoms. The molecule has 0 atom stereocenters. The molecule has 0 aliphatic carbocycles. The second kappa shape index (κ2) is 5.43. The van der Waals surface area contributed by atoms with E-state index in [0.717, 1.165) is 22.8 Å². The van der Waals surface area contributed by atoms with E-state index < -0.39 is 0 Å². The molecular formula is C15H13ClN2O2. The zero-order valence-electron chi connectivity index (χ0n) is 10.9. The molecule has 0 bridgehead atoms. The van der Waals surface area contributed by atoms with Gasteiger partial charge in [0.15, 0.2) is 0 Å². The number of hydrogen-bond acceptors (Lipinski definition) is 3. The first-order chi connectivity index (χ1) is 9.76. The van der Waals surface area contributed by atoms with Gasteiger partial charge in [0.2, 0.25) is 0 Å². The summed E-state index contributed by atoms with van der Waals surface area (Å²) >= 11 is 6.00. The van der Waals surface area contributed by atoms with Crippen molar-refractivity contribution in [1.82, 2.24) is 9.38 Å². The average Bonchev–Trinajstić information content (AvgIpc) is 2.87. The number of rotatable bonds is 4. The molecule has 0 fully saturated rings. The van der Waals surface area contributed by atoms with Gasteiger partial charge < -0.3 is 9.47 Å². The van der Waals surface area contributed by atoms with Gasteiger partial charge in [-0.1, -0.05) is 17.7 Å². The largest absolute Gasteiger partial charge is 0.497 e. The lowest BCUT2D eigenvalue weighted by molar-refractivity contribution is 0.298. The highest BCUT2D eigenvalue weighted by Gasteiger charge is 2.05. The molecule has 0 N–H and O–H groups in total. The molecule has 0 unspecified atom stereocenters. The first kappa shape index (κ1) is 12.8. The van der Waals surface area contributed by atoms with E-state index in [1.807, 2.05) is 47.0 Å². The van der Waals surface area contributed by atoms with Gasteiger partial charge in [-0.2, -0.15) is 0 Å². The molecule has 0 radical (unpaired) electrons. The van der Waals surface area contributed by atoms with Crippen molar-refractivity contribution in [3.8, 4) is 11.5 Å². The van der Waals surface area contributed by atoms with Gasteiger partial charge in [-0.15, -0.1) is 0 Å². The maximum absolute atomic E-state index is 6.00. The molecular weight excluding hydrogens is 276 g/mol. The van der Waals surface area contributed by atoms with Crippen molar-refractivity contribution in [2.45, 2.75) is 6.61 Å². The maximum atomic E-state index is 6.00. The van der Waals surface area contributed by atoms with Gasteiger partial charge in [-0.25, -0.2) is 4.98 Å². The smallest absolute Gasteiger partial charge is 0.137 e. The van der Waals surface area contributed by atoms with Crippen LogP contribution in [0.1, 0.15) is 5.69 Å². The van der Waals surface area contributed by atoms with E-state index in [9.17, 15) is 0 Å². The average molecular weight is 289 g/mol. The van der Waals surface area contributed by atoms with Gasteiger partial charge in [0.1, 0.15) is 23.8 Å². The van der Waals surface area contributed by atoms with E-state index in [2.05, 4.69) is 4.98 Å². The second-order valence-corrected chi connectivity index (χ2v) is 4.73. The van der Waals surface area contributed by atoms with Crippen molar-refractivity contribution in [3.05, 3.63) is 59.5 Å². The lowest BCUT2D eigenvalue weighted by atomic mass is 10.3. The molecule has 5 heteroatoms. The van der Waals surface area contributed by atoms with Crippen LogP contribution in [0.2, 0.25) is 5.02 Å². The molecule has 0 aliphatic heterocycles. The van der Waals surface area contributed by atoms with Crippen molar-refractivity contribution in [2.24, 2.45) is 0 Å². The Morgan fingerprint density at radius 3 is 2.90 bits per heavy atom. The van der Waals surface area contributed by atoms with Crippen LogP contribution in [0.3, 0.4) is 0 Å². The summed E-state index contributed by atoms with van der Waals surface area (Å²) in [6.45, 7) is 0.411. The monoisotopic (exact) mass is 288 g/mol. The van der Waals surface area contributed by atoms with E-state index in [1.165, 1.54) is 0 Å². The highest BCUT2D eigenvalue weighted by molar-refractivity contribution is 6.30. The number of nitrogens with zero attached hydrogens (tertiary/aromatic N) is 2. The third-order valence-corrected chi connectivity index (χ3v) is 3.20. The number of aromatic nitrogens is 2. The third kappa shape index (κ3) is 2.56. The fourth-order valence-electron chi connectivity index (χ4n) is 1.96. The summed E-state index contributed by atoms with van der Waals surface area (Å²) in [5, 5.41) is 0.665. The summed E-state index contributed by atoms with van der Waals surface area (Å²) < 4.78 is 12.8. The number of pyridine rings is 1. The zero-order chi connectivity index (χ0) is 13.9. The summed E-state index contributed by atoms with van der Waals surface area (Å²) in [6, 6.07) is 11.2. The second-order valence-electron chi connectivity index (χ2n) is 4.29. The number of hydrogen-bond donors (Lipinski definition) is 0. The van der Waals surface area contributed by atoms with E-state index in [0.29, 0.717) is 11.6 Å². The Balaban J connectivity index is 1.81. The molecule has 0 amide bonds. The number of fused-ring (bicyclic) bond motifs is 1. The highest BCUT2D eigenvalue weighted by Crippen LogP contribution is 2.20. The predicted molar refractivity (Wildman–Crippen MR) is 77.5 cm³/mol. The zero-order valence-corrected chi connectivity index (χ0v) is 11.7. The van der Waals surface area contributed by atoms with Crippen molar-refractivity contribution in [3.63, 3.8) is 0 Å². The fourth-order valence-corrected chi connectivity index (χ4v) is 2.12.